The van der Waals surface area contributed by atoms with Gasteiger partial charge in [-0.2, -0.15) is 0 Å². The Kier molecular flexibility index (Phi) is 3.23. The second-order valence-electron chi connectivity index (χ2n) is 3.45. The molecule has 0 aromatic heterocycles. The molecule has 0 saturated carbocycles. The highest BCUT2D eigenvalue weighted by Crippen LogP contribution is 2.20. The zero-order valence-electron chi connectivity index (χ0n) is 7.55. The second kappa shape index (κ2) is 3.51. The van der Waals surface area contributed by atoms with Crippen molar-refractivity contribution >= 4 is 12.2 Å². The van der Waals surface area contributed by atoms with E-state index in [2.05, 4.69) is 0 Å². The highest BCUT2D eigenvalue weighted by molar-refractivity contribution is 5.83. The summed E-state index contributed by atoms with van der Waals surface area (Å²) < 4.78 is 0. The fraction of sp³-hybridized carbons (Fsp3) is 0.750. The minimum Gasteiger partial charge on any atom is -0.348 e. The zero-order chi connectivity index (χ0) is 9.07. The second-order valence-corrected chi connectivity index (χ2v) is 3.45. The van der Waals surface area contributed by atoms with Gasteiger partial charge in [-0.1, -0.05) is 13.8 Å². The van der Waals surface area contributed by atoms with Crippen LogP contribution in [-0.4, -0.2) is 31.2 Å². The summed E-state index contributed by atoms with van der Waals surface area (Å²) in [5, 5.41) is 0. The van der Waals surface area contributed by atoms with Gasteiger partial charge in [0, 0.05) is 20.5 Å². The summed E-state index contributed by atoms with van der Waals surface area (Å²) in [5.74, 6) is -0.00963. The smallest absolute Gasteiger partial charge is 0.228 e. The van der Waals surface area contributed by atoms with Gasteiger partial charge in [-0.05, 0) is 0 Å². The standard InChI is InChI=1S/C8H15NO2/c1-8(2,5-6-10)7(11)9(3)4/h6H,5H2,1-4H3. The molecule has 0 N–H and O–H groups in total. The van der Waals surface area contributed by atoms with Gasteiger partial charge in [0.25, 0.3) is 0 Å². The van der Waals surface area contributed by atoms with Gasteiger partial charge in [-0.25, -0.2) is 0 Å². The van der Waals surface area contributed by atoms with E-state index < -0.39 is 5.41 Å². The minimum absolute atomic E-state index is 0.00963. The molecule has 0 aliphatic rings. The number of aldehydes is 1. The van der Waals surface area contributed by atoms with E-state index >= 15 is 0 Å². The molecule has 0 aliphatic carbocycles. The molecule has 11 heavy (non-hydrogen) atoms. The van der Waals surface area contributed by atoms with Crippen LogP contribution in [0.2, 0.25) is 0 Å². The first-order valence-corrected chi connectivity index (χ1v) is 3.57. The molecular weight excluding hydrogens is 142 g/mol. The van der Waals surface area contributed by atoms with Gasteiger partial charge >= 0.3 is 0 Å². The van der Waals surface area contributed by atoms with E-state index in [1.165, 1.54) is 4.90 Å². The van der Waals surface area contributed by atoms with Crippen LogP contribution >= 0.6 is 0 Å². The van der Waals surface area contributed by atoms with Crippen molar-refractivity contribution < 1.29 is 9.59 Å². The van der Waals surface area contributed by atoms with Crippen LogP contribution < -0.4 is 0 Å². The first kappa shape index (κ1) is 10.1. The fourth-order valence-electron chi connectivity index (χ4n) is 0.901. The summed E-state index contributed by atoms with van der Waals surface area (Å²) in [5.41, 5.74) is -0.550. The number of amides is 1. The molecule has 1 amide bonds. The number of hydrogen-bond donors (Lipinski definition) is 0. The Morgan fingerprint density at radius 2 is 1.91 bits per heavy atom. The summed E-state index contributed by atoms with van der Waals surface area (Å²) in [6.07, 6.45) is 1.06. The molecule has 3 nitrogen and oxygen atoms in total. The van der Waals surface area contributed by atoms with Crippen LogP contribution in [0.15, 0.2) is 0 Å². The summed E-state index contributed by atoms with van der Waals surface area (Å²) in [6.45, 7) is 3.54. The lowest BCUT2D eigenvalue weighted by molar-refractivity contribution is -0.139. The summed E-state index contributed by atoms with van der Waals surface area (Å²) in [7, 11) is 3.38. The van der Waals surface area contributed by atoms with Crippen molar-refractivity contribution in [2.45, 2.75) is 20.3 Å². The number of nitrogens with zero attached hydrogens (tertiary/aromatic N) is 1. The average molecular weight is 157 g/mol. The molecule has 0 radical (unpaired) electrons. The molecule has 0 saturated heterocycles. The molecule has 0 aromatic rings. The van der Waals surface area contributed by atoms with Crippen LogP contribution in [0.25, 0.3) is 0 Å². The molecule has 64 valence electrons. The van der Waals surface area contributed by atoms with Crippen molar-refractivity contribution in [1.29, 1.82) is 0 Å². The number of carbonyl (C=O) groups is 2. The molecule has 0 bridgehead atoms. The monoisotopic (exact) mass is 157 g/mol. The Balaban J connectivity index is 4.28. The van der Waals surface area contributed by atoms with Crippen LogP contribution in [0.3, 0.4) is 0 Å². The SMILES string of the molecule is CN(C)C(=O)C(C)(C)CC=O. The van der Waals surface area contributed by atoms with Crippen LogP contribution in [-0.2, 0) is 9.59 Å². The lowest BCUT2D eigenvalue weighted by atomic mass is 9.88. The highest BCUT2D eigenvalue weighted by Gasteiger charge is 2.28. The first-order valence-electron chi connectivity index (χ1n) is 3.57. The Hall–Kier alpha value is -0.860. The normalized spacial score (nSPS) is 10.9. The Labute approximate surface area is 67.4 Å². The Morgan fingerprint density at radius 3 is 2.18 bits per heavy atom. The van der Waals surface area contributed by atoms with Crippen LogP contribution in [0.1, 0.15) is 20.3 Å². The lowest BCUT2D eigenvalue weighted by Gasteiger charge is -2.24. The molecule has 0 rings (SSSR count). The topological polar surface area (TPSA) is 37.4 Å². The quantitative estimate of drug-likeness (QED) is 0.565. The van der Waals surface area contributed by atoms with Gasteiger partial charge in [-0.15, -0.1) is 0 Å². The number of carbonyl (C=O) groups excluding carboxylic acids is 2. The molecule has 0 atom stereocenters. The zero-order valence-corrected chi connectivity index (χ0v) is 7.55. The summed E-state index contributed by atoms with van der Waals surface area (Å²) >= 11 is 0. The predicted molar refractivity (Wildman–Crippen MR) is 43.2 cm³/mol. The molecule has 0 unspecified atom stereocenters. The van der Waals surface area contributed by atoms with Crippen molar-refractivity contribution in [2.75, 3.05) is 14.1 Å². The van der Waals surface area contributed by atoms with E-state index in [4.69, 9.17) is 0 Å². The predicted octanol–water partition coefficient (Wildman–Crippen LogP) is 0.690. The highest BCUT2D eigenvalue weighted by atomic mass is 16.2. The van der Waals surface area contributed by atoms with Gasteiger partial charge in [0.15, 0.2) is 0 Å². The number of rotatable bonds is 3. The third kappa shape index (κ3) is 2.70. The van der Waals surface area contributed by atoms with Crippen LogP contribution in [0.5, 0.6) is 0 Å². The average Bonchev–Trinajstić information content (AvgIpc) is 1.86. The van der Waals surface area contributed by atoms with Gasteiger partial charge in [0.05, 0.1) is 5.41 Å². The van der Waals surface area contributed by atoms with E-state index in [9.17, 15) is 9.59 Å². The van der Waals surface area contributed by atoms with Crippen molar-refractivity contribution in [3.05, 3.63) is 0 Å². The molecule has 0 spiro atoms. The maximum Gasteiger partial charge on any atom is 0.228 e. The van der Waals surface area contributed by atoms with Crippen molar-refractivity contribution in [1.82, 2.24) is 4.90 Å². The minimum atomic E-state index is -0.550. The van der Waals surface area contributed by atoms with E-state index in [1.54, 1.807) is 27.9 Å². The lowest BCUT2D eigenvalue weighted by Crippen LogP contribution is -2.36. The van der Waals surface area contributed by atoms with Gasteiger partial charge in [0.2, 0.25) is 5.91 Å². The van der Waals surface area contributed by atoms with E-state index in [-0.39, 0.29) is 12.3 Å². The maximum absolute atomic E-state index is 11.3. The van der Waals surface area contributed by atoms with E-state index in [0.29, 0.717) is 0 Å². The third-order valence-corrected chi connectivity index (χ3v) is 1.58. The number of hydrogen-bond acceptors (Lipinski definition) is 2. The maximum atomic E-state index is 11.3. The molecule has 0 aliphatic heterocycles. The van der Waals surface area contributed by atoms with Gasteiger partial charge in [-0.3, -0.25) is 4.79 Å². The Morgan fingerprint density at radius 1 is 1.45 bits per heavy atom. The first-order chi connectivity index (χ1) is 4.91. The molecule has 0 fully saturated rings. The van der Waals surface area contributed by atoms with Crippen LogP contribution in [0.4, 0.5) is 0 Å². The molecule has 3 heteroatoms. The van der Waals surface area contributed by atoms with E-state index in [0.717, 1.165) is 6.29 Å². The van der Waals surface area contributed by atoms with Gasteiger partial charge in [0.1, 0.15) is 6.29 Å². The van der Waals surface area contributed by atoms with Crippen molar-refractivity contribution in [3.8, 4) is 0 Å². The summed E-state index contributed by atoms with van der Waals surface area (Å²) in [4.78, 5) is 23.0. The van der Waals surface area contributed by atoms with Crippen LogP contribution in [0, 0.1) is 5.41 Å². The largest absolute Gasteiger partial charge is 0.348 e. The Bertz CT molecular complexity index is 161. The van der Waals surface area contributed by atoms with E-state index in [1.807, 2.05) is 0 Å². The van der Waals surface area contributed by atoms with Crippen molar-refractivity contribution in [3.63, 3.8) is 0 Å². The molecule has 0 heterocycles. The van der Waals surface area contributed by atoms with Crippen molar-refractivity contribution in [2.24, 2.45) is 5.41 Å². The fourth-order valence-corrected chi connectivity index (χ4v) is 0.901. The molecular formula is C8H15NO2. The van der Waals surface area contributed by atoms with Gasteiger partial charge < -0.3 is 9.69 Å². The summed E-state index contributed by atoms with van der Waals surface area (Å²) in [6, 6.07) is 0. The third-order valence-electron chi connectivity index (χ3n) is 1.58. The molecule has 0 aromatic carbocycles.